The second-order valence-corrected chi connectivity index (χ2v) is 5.16. The van der Waals surface area contributed by atoms with Gasteiger partial charge in [-0.05, 0) is 43.2 Å². The lowest BCUT2D eigenvalue weighted by atomic mass is 10.0. The summed E-state index contributed by atoms with van der Waals surface area (Å²) in [5.74, 6) is 0.0869. The molecule has 92 valence electrons. The lowest BCUT2D eigenvalue weighted by Gasteiger charge is -2.04. The number of nitrogens with zero attached hydrogens (tertiary/aromatic N) is 1. The summed E-state index contributed by atoms with van der Waals surface area (Å²) >= 11 is 0. The maximum absolute atomic E-state index is 12.5. The van der Waals surface area contributed by atoms with Crippen LogP contribution < -0.4 is 0 Å². The van der Waals surface area contributed by atoms with Crippen LogP contribution in [0.15, 0.2) is 42.5 Å². The Kier molecular flexibility index (Phi) is 1.86. The highest BCUT2D eigenvalue weighted by atomic mass is 16.2. The number of aromatic nitrogens is 1. The van der Waals surface area contributed by atoms with Crippen LogP contribution in [0, 0.1) is 13.8 Å². The molecule has 2 heterocycles. The van der Waals surface area contributed by atoms with Crippen molar-refractivity contribution >= 4 is 16.8 Å². The maximum Gasteiger partial charge on any atom is 0.263 e. The van der Waals surface area contributed by atoms with E-state index in [9.17, 15) is 4.79 Å². The van der Waals surface area contributed by atoms with Crippen molar-refractivity contribution in [1.29, 1.82) is 0 Å². The topological polar surface area (TPSA) is 22.0 Å². The molecule has 1 aromatic heterocycles. The Morgan fingerprint density at radius 3 is 2.47 bits per heavy atom. The first-order valence-corrected chi connectivity index (χ1v) is 6.44. The number of carbonyl (C=O) groups excluding carboxylic acids is 1. The third-order valence-corrected chi connectivity index (χ3v) is 4.16. The molecular formula is C17H13NO. The summed E-state index contributed by atoms with van der Waals surface area (Å²) in [6, 6.07) is 14.1. The fourth-order valence-corrected chi connectivity index (χ4v) is 2.96. The predicted molar refractivity (Wildman–Crippen MR) is 76.6 cm³/mol. The normalized spacial score (nSPS) is 12.8. The number of hydrogen-bond acceptors (Lipinski definition) is 1. The molecule has 0 saturated carbocycles. The zero-order chi connectivity index (χ0) is 13.1. The summed E-state index contributed by atoms with van der Waals surface area (Å²) in [6.45, 7) is 4.22. The molecule has 0 bridgehead atoms. The van der Waals surface area contributed by atoms with Crippen LogP contribution in [0.4, 0.5) is 0 Å². The number of hydrogen-bond donors (Lipinski definition) is 0. The van der Waals surface area contributed by atoms with Crippen molar-refractivity contribution in [1.82, 2.24) is 4.57 Å². The number of rotatable bonds is 0. The maximum atomic E-state index is 12.5. The van der Waals surface area contributed by atoms with Gasteiger partial charge < -0.3 is 0 Å². The minimum atomic E-state index is 0.0869. The molecule has 2 aromatic carbocycles. The highest BCUT2D eigenvalue weighted by Crippen LogP contribution is 2.38. The molecule has 0 unspecified atom stereocenters. The van der Waals surface area contributed by atoms with Gasteiger partial charge in [0.05, 0.1) is 11.2 Å². The standard InChI is InChI=1S/C17H13NO/c1-10-7-8-15-14(11(10)2)9-16-12-5-3-4-6-13(12)17(19)18(15)16/h3-9H,1-2H3. The van der Waals surface area contributed by atoms with Gasteiger partial charge in [0, 0.05) is 16.5 Å². The minimum absolute atomic E-state index is 0.0869. The number of benzene rings is 2. The first kappa shape index (κ1) is 10.6. The van der Waals surface area contributed by atoms with Crippen LogP contribution in [-0.2, 0) is 0 Å². The molecule has 19 heavy (non-hydrogen) atoms. The van der Waals surface area contributed by atoms with Crippen molar-refractivity contribution in [3.05, 3.63) is 59.2 Å². The first-order valence-electron chi connectivity index (χ1n) is 6.44. The Hall–Kier alpha value is -2.35. The van der Waals surface area contributed by atoms with E-state index in [0.717, 1.165) is 22.3 Å². The van der Waals surface area contributed by atoms with Crippen molar-refractivity contribution in [2.45, 2.75) is 13.8 Å². The molecule has 4 rings (SSSR count). The summed E-state index contributed by atoms with van der Waals surface area (Å²) in [4.78, 5) is 12.5. The van der Waals surface area contributed by atoms with Crippen LogP contribution in [0.25, 0.3) is 22.2 Å². The Morgan fingerprint density at radius 2 is 1.68 bits per heavy atom. The van der Waals surface area contributed by atoms with E-state index < -0.39 is 0 Å². The molecule has 1 aliphatic rings. The number of carbonyl (C=O) groups is 1. The van der Waals surface area contributed by atoms with Gasteiger partial charge in [0.2, 0.25) is 0 Å². The van der Waals surface area contributed by atoms with E-state index in [1.165, 1.54) is 16.5 Å². The van der Waals surface area contributed by atoms with Crippen LogP contribution in [0.3, 0.4) is 0 Å². The molecule has 2 nitrogen and oxygen atoms in total. The van der Waals surface area contributed by atoms with Crippen molar-refractivity contribution in [2.75, 3.05) is 0 Å². The Balaban J connectivity index is 2.17. The van der Waals surface area contributed by atoms with Gasteiger partial charge in [0.25, 0.3) is 5.91 Å². The molecule has 2 heteroatoms. The smallest absolute Gasteiger partial charge is 0.263 e. The van der Waals surface area contributed by atoms with Gasteiger partial charge in [-0.25, -0.2) is 0 Å². The van der Waals surface area contributed by atoms with Gasteiger partial charge in [0.1, 0.15) is 0 Å². The lowest BCUT2D eigenvalue weighted by molar-refractivity contribution is 0.0973. The fraction of sp³-hybridized carbons (Fsp3) is 0.118. The van der Waals surface area contributed by atoms with E-state index in [4.69, 9.17) is 0 Å². The van der Waals surface area contributed by atoms with Gasteiger partial charge in [-0.1, -0.05) is 24.3 Å². The van der Waals surface area contributed by atoms with Crippen molar-refractivity contribution < 1.29 is 4.79 Å². The van der Waals surface area contributed by atoms with Gasteiger partial charge in [-0.3, -0.25) is 9.36 Å². The van der Waals surface area contributed by atoms with Crippen LogP contribution in [0.1, 0.15) is 21.5 Å². The van der Waals surface area contributed by atoms with Crippen LogP contribution >= 0.6 is 0 Å². The summed E-state index contributed by atoms with van der Waals surface area (Å²) in [5, 5.41) is 1.18. The Labute approximate surface area is 111 Å². The van der Waals surface area contributed by atoms with Crippen LogP contribution in [0.5, 0.6) is 0 Å². The molecule has 0 spiro atoms. The second kappa shape index (κ2) is 3.35. The van der Waals surface area contributed by atoms with Crippen molar-refractivity contribution in [2.24, 2.45) is 0 Å². The van der Waals surface area contributed by atoms with Gasteiger partial charge in [-0.2, -0.15) is 0 Å². The monoisotopic (exact) mass is 247 g/mol. The predicted octanol–water partition coefficient (Wildman–Crippen LogP) is 3.93. The van der Waals surface area contributed by atoms with E-state index in [-0.39, 0.29) is 5.91 Å². The molecule has 0 aliphatic carbocycles. The molecule has 0 fully saturated rings. The van der Waals surface area contributed by atoms with Crippen molar-refractivity contribution in [3.63, 3.8) is 0 Å². The third-order valence-electron chi connectivity index (χ3n) is 4.16. The van der Waals surface area contributed by atoms with E-state index in [1.807, 2.05) is 34.9 Å². The SMILES string of the molecule is Cc1ccc2c(cc3n2C(=O)c2ccccc2-3)c1C. The zero-order valence-electron chi connectivity index (χ0n) is 10.9. The molecule has 0 N–H and O–H groups in total. The van der Waals surface area contributed by atoms with E-state index in [1.54, 1.807) is 0 Å². The highest BCUT2D eigenvalue weighted by Gasteiger charge is 2.28. The summed E-state index contributed by atoms with van der Waals surface area (Å²) < 4.78 is 1.84. The Bertz CT molecular complexity index is 855. The van der Waals surface area contributed by atoms with E-state index >= 15 is 0 Å². The molecule has 0 saturated heterocycles. The molecule has 1 aliphatic heterocycles. The van der Waals surface area contributed by atoms with Crippen molar-refractivity contribution in [3.8, 4) is 11.3 Å². The minimum Gasteiger partial charge on any atom is -0.276 e. The number of aryl methyl sites for hydroxylation is 2. The quantitative estimate of drug-likeness (QED) is 0.461. The average Bonchev–Trinajstić information content (AvgIpc) is 2.93. The fourth-order valence-electron chi connectivity index (χ4n) is 2.96. The summed E-state index contributed by atoms with van der Waals surface area (Å²) in [5.41, 5.74) is 6.39. The summed E-state index contributed by atoms with van der Waals surface area (Å²) in [7, 11) is 0. The molecular weight excluding hydrogens is 234 g/mol. The first-order chi connectivity index (χ1) is 9.18. The lowest BCUT2D eigenvalue weighted by Crippen LogP contribution is -2.05. The van der Waals surface area contributed by atoms with E-state index in [2.05, 4.69) is 26.0 Å². The van der Waals surface area contributed by atoms with E-state index in [0.29, 0.717) is 0 Å². The molecule has 0 atom stereocenters. The second-order valence-electron chi connectivity index (χ2n) is 5.16. The Morgan fingerprint density at radius 1 is 0.947 bits per heavy atom. The van der Waals surface area contributed by atoms with Gasteiger partial charge >= 0.3 is 0 Å². The summed E-state index contributed by atoms with van der Waals surface area (Å²) in [6.07, 6.45) is 0. The zero-order valence-corrected chi connectivity index (χ0v) is 10.9. The van der Waals surface area contributed by atoms with Gasteiger partial charge in [-0.15, -0.1) is 0 Å². The highest BCUT2D eigenvalue weighted by molar-refractivity contribution is 6.14. The molecule has 0 amide bonds. The van der Waals surface area contributed by atoms with Gasteiger partial charge in [0.15, 0.2) is 0 Å². The third kappa shape index (κ3) is 1.18. The number of fused-ring (bicyclic) bond motifs is 5. The largest absolute Gasteiger partial charge is 0.276 e. The molecule has 0 radical (unpaired) electrons. The van der Waals surface area contributed by atoms with Crippen LogP contribution in [0.2, 0.25) is 0 Å². The average molecular weight is 247 g/mol. The van der Waals surface area contributed by atoms with Crippen LogP contribution in [-0.4, -0.2) is 10.5 Å². The molecule has 3 aromatic rings.